The Morgan fingerprint density at radius 1 is 1.24 bits per heavy atom. The Kier molecular flexibility index (Phi) is 5.67. The van der Waals surface area contributed by atoms with Crippen molar-refractivity contribution < 1.29 is 28.1 Å². The third kappa shape index (κ3) is 4.13. The molecule has 0 saturated carbocycles. The first-order valence-corrected chi connectivity index (χ1v) is 10.4. The molecule has 0 spiro atoms. The van der Waals surface area contributed by atoms with Crippen molar-refractivity contribution in [3.8, 4) is 28.8 Å². The summed E-state index contributed by atoms with van der Waals surface area (Å²) in [6, 6.07) is 12.4. The number of aliphatic hydroxyl groups is 1. The molecule has 1 aliphatic heterocycles. The highest BCUT2D eigenvalue weighted by Crippen LogP contribution is 2.31. The highest BCUT2D eigenvalue weighted by atomic mass is 19.1. The van der Waals surface area contributed by atoms with Crippen LogP contribution in [0.1, 0.15) is 6.92 Å². The first kappa shape index (κ1) is 21.3. The van der Waals surface area contributed by atoms with E-state index in [1.165, 1.54) is 13.2 Å². The van der Waals surface area contributed by atoms with E-state index in [0.29, 0.717) is 28.4 Å². The number of fused-ring (bicyclic) bond motifs is 1. The van der Waals surface area contributed by atoms with Crippen molar-refractivity contribution in [2.75, 3.05) is 13.7 Å². The molecule has 1 aliphatic rings. The minimum atomic E-state index is -0.746. The Bertz CT molecular complexity index is 1300. The number of aromatic amines is 1. The number of nitrogens with one attached hydrogen (secondary N) is 1. The average Bonchev–Trinajstić information content (AvgIpc) is 3.45. The zero-order valence-corrected chi connectivity index (χ0v) is 18.0. The smallest absolute Gasteiger partial charge is 0.248 e. The summed E-state index contributed by atoms with van der Waals surface area (Å²) in [6.45, 7) is 1.90. The van der Waals surface area contributed by atoms with Crippen LogP contribution in [0, 0.1) is 5.82 Å². The minimum absolute atomic E-state index is 0.00412. The Morgan fingerprint density at radius 2 is 2.06 bits per heavy atom. The standard InChI is InChI=1S/C24H22FN3O5/c1-13(29)22-23(30-2)18(8-9-31-22)32-20-11-17-16(27-20)10-15(25)21(28-17)24-26-12-19(33-24)14-6-4-3-5-7-14/h3-8,10-13,22-23,27,29H,9H2,1-2H3/t13?,22-,23-/m1/s1. The summed E-state index contributed by atoms with van der Waals surface area (Å²) in [5.41, 5.74) is 1.77. The molecule has 8 nitrogen and oxygen atoms in total. The van der Waals surface area contributed by atoms with Crippen LogP contribution in [-0.4, -0.2) is 52.1 Å². The predicted molar refractivity (Wildman–Crippen MR) is 118 cm³/mol. The van der Waals surface area contributed by atoms with Crippen molar-refractivity contribution in [3.05, 3.63) is 66.3 Å². The molecular formula is C24H22FN3O5. The Labute approximate surface area is 188 Å². The molecule has 5 rings (SSSR count). The van der Waals surface area contributed by atoms with Crippen LogP contribution in [0.25, 0.3) is 33.9 Å². The number of oxazole rings is 1. The zero-order chi connectivity index (χ0) is 22.9. The average molecular weight is 451 g/mol. The molecule has 0 fully saturated rings. The summed E-state index contributed by atoms with van der Waals surface area (Å²) in [5.74, 6) is 0.873. The second-order valence-corrected chi connectivity index (χ2v) is 7.68. The van der Waals surface area contributed by atoms with E-state index in [4.69, 9.17) is 18.6 Å². The third-order valence-corrected chi connectivity index (χ3v) is 5.41. The molecule has 0 bridgehead atoms. The second-order valence-electron chi connectivity index (χ2n) is 7.68. The second kappa shape index (κ2) is 8.78. The highest BCUT2D eigenvalue weighted by molar-refractivity contribution is 5.80. The van der Waals surface area contributed by atoms with E-state index in [1.54, 1.807) is 25.3 Å². The molecule has 1 aromatic carbocycles. The maximum absolute atomic E-state index is 14.8. The quantitative estimate of drug-likeness (QED) is 0.455. The maximum Gasteiger partial charge on any atom is 0.248 e. The molecule has 0 radical (unpaired) electrons. The zero-order valence-electron chi connectivity index (χ0n) is 18.0. The van der Waals surface area contributed by atoms with Gasteiger partial charge in [0.1, 0.15) is 18.0 Å². The van der Waals surface area contributed by atoms with Gasteiger partial charge in [0.2, 0.25) is 5.89 Å². The van der Waals surface area contributed by atoms with Gasteiger partial charge in [-0.15, -0.1) is 0 Å². The van der Waals surface area contributed by atoms with Crippen LogP contribution in [0.3, 0.4) is 0 Å². The number of aliphatic hydroxyl groups excluding tert-OH is 1. The lowest BCUT2D eigenvalue weighted by Crippen LogP contribution is -2.44. The number of hydrogen-bond acceptors (Lipinski definition) is 7. The summed E-state index contributed by atoms with van der Waals surface area (Å²) in [5, 5.41) is 9.96. The van der Waals surface area contributed by atoms with Gasteiger partial charge in [0.15, 0.2) is 23.2 Å². The number of pyridine rings is 1. The van der Waals surface area contributed by atoms with Crippen LogP contribution >= 0.6 is 0 Å². The van der Waals surface area contributed by atoms with Gasteiger partial charge in [-0.25, -0.2) is 14.4 Å². The number of benzene rings is 1. The van der Waals surface area contributed by atoms with Crippen molar-refractivity contribution in [3.63, 3.8) is 0 Å². The largest absolute Gasteiger partial charge is 0.443 e. The lowest BCUT2D eigenvalue weighted by atomic mass is 10.0. The number of rotatable bonds is 6. The van der Waals surface area contributed by atoms with Crippen LogP contribution in [0.4, 0.5) is 4.39 Å². The molecule has 9 heteroatoms. The van der Waals surface area contributed by atoms with Crippen molar-refractivity contribution in [1.29, 1.82) is 0 Å². The number of nitrogens with zero attached hydrogens (tertiary/aromatic N) is 2. The molecule has 0 aliphatic carbocycles. The van der Waals surface area contributed by atoms with Crippen LogP contribution in [0.15, 0.2) is 64.9 Å². The van der Waals surface area contributed by atoms with Gasteiger partial charge in [0, 0.05) is 24.8 Å². The van der Waals surface area contributed by atoms with E-state index in [-0.39, 0.29) is 18.2 Å². The van der Waals surface area contributed by atoms with Gasteiger partial charge < -0.3 is 28.7 Å². The molecular weight excluding hydrogens is 429 g/mol. The highest BCUT2D eigenvalue weighted by Gasteiger charge is 2.34. The van der Waals surface area contributed by atoms with Crippen LogP contribution in [0.5, 0.6) is 5.88 Å². The molecule has 4 aromatic rings. The van der Waals surface area contributed by atoms with Crippen LogP contribution < -0.4 is 4.74 Å². The topological polar surface area (TPSA) is 103 Å². The van der Waals surface area contributed by atoms with Gasteiger partial charge in [0.05, 0.1) is 29.9 Å². The predicted octanol–water partition coefficient (Wildman–Crippen LogP) is 4.08. The lowest BCUT2D eigenvalue weighted by Gasteiger charge is -2.32. The molecule has 3 atom stereocenters. The van der Waals surface area contributed by atoms with E-state index in [2.05, 4.69) is 15.0 Å². The minimum Gasteiger partial charge on any atom is -0.443 e. The number of ether oxygens (including phenoxy) is 3. The Hall–Kier alpha value is -3.53. The Balaban J connectivity index is 1.43. The molecule has 0 saturated heterocycles. The molecule has 4 heterocycles. The summed E-state index contributed by atoms with van der Waals surface area (Å²) in [7, 11) is 1.51. The van der Waals surface area contributed by atoms with E-state index in [1.807, 2.05) is 30.3 Å². The first-order valence-electron chi connectivity index (χ1n) is 10.4. The first-order chi connectivity index (χ1) is 16.0. The van der Waals surface area contributed by atoms with E-state index in [0.717, 1.165) is 5.56 Å². The van der Waals surface area contributed by atoms with Crippen molar-refractivity contribution in [2.24, 2.45) is 0 Å². The summed E-state index contributed by atoms with van der Waals surface area (Å²) < 4.78 is 37.6. The maximum atomic E-state index is 14.8. The lowest BCUT2D eigenvalue weighted by molar-refractivity contribution is -0.106. The van der Waals surface area contributed by atoms with Gasteiger partial charge in [-0.1, -0.05) is 30.3 Å². The number of hydrogen-bond donors (Lipinski definition) is 2. The van der Waals surface area contributed by atoms with Gasteiger partial charge >= 0.3 is 0 Å². The number of aromatic nitrogens is 3. The summed E-state index contributed by atoms with van der Waals surface area (Å²) >= 11 is 0. The molecule has 170 valence electrons. The van der Waals surface area contributed by atoms with E-state index < -0.39 is 24.1 Å². The van der Waals surface area contributed by atoms with Crippen LogP contribution in [0.2, 0.25) is 0 Å². The van der Waals surface area contributed by atoms with Crippen LogP contribution in [-0.2, 0) is 9.47 Å². The van der Waals surface area contributed by atoms with Gasteiger partial charge in [0.25, 0.3) is 0 Å². The van der Waals surface area contributed by atoms with Crippen molar-refractivity contribution >= 4 is 11.0 Å². The molecule has 1 unspecified atom stereocenters. The molecule has 3 aromatic heterocycles. The van der Waals surface area contributed by atoms with Gasteiger partial charge in [-0.3, -0.25) is 0 Å². The van der Waals surface area contributed by atoms with E-state index in [9.17, 15) is 9.50 Å². The van der Waals surface area contributed by atoms with Crippen molar-refractivity contribution in [2.45, 2.75) is 25.2 Å². The Morgan fingerprint density at radius 3 is 2.82 bits per heavy atom. The molecule has 2 N–H and O–H groups in total. The SMILES string of the molecule is CO[C@@H]1C(Oc2cc3nc(-c4ncc(-c5ccccc5)o4)c(F)cc3[nH]2)=CCO[C@@H]1C(C)O. The van der Waals surface area contributed by atoms with E-state index >= 15 is 0 Å². The monoisotopic (exact) mass is 451 g/mol. The fraction of sp³-hybridized carbons (Fsp3) is 0.250. The molecule has 33 heavy (non-hydrogen) atoms. The third-order valence-electron chi connectivity index (χ3n) is 5.41. The van der Waals surface area contributed by atoms with Gasteiger partial charge in [-0.2, -0.15) is 0 Å². The van der Waals surface area contributed by atoms with Gasteiger partial charge in [-0.05, 0) is 13.0 Å². The number of methoxy groups -OCH3 is 1. The van der Waals surface area contributed by atoms with Crippen molar-refractivity contribution in [1.82, 2.24) is 15.0 Å². The summed E-state index contributed by atoms with van der Waals surface area (Å²) in [6.07, 6.45) is 1.38. The number of H-pyrrole nitrogens is 1. The number of halogens is 1. The summed E-state index contributed by atoms with van der Waals surface area (Å²) in [4.78, 5) is 11.6. The fourth-order valence-electron chi connectivity index (χ4n) is 3.81. The fourth-order valence-corrected chi connectivity index (χ4v) is 3.81. The molecule has 0 amide bonds. The normalized spacial score (nSPS) is 19.5.